The Morgan fingerprint density at radius 2 is 1.69 bits per heavy atom. The van der Waals surface area contributed by atoms with Crippen molar-refractivity contribution in [1.82, 2.24) is 5.48 Å². The highest BCUT2D eigenvalue weighted by Crippen LogP contribution is 2.40. The molecule has 3 rings (SSSR count). The van der Waals surface area contributed by atoms with Gasteiger partial charge in [-0.3, -0.25) is 14.6 Å². The molecule has 1 aliphatic rings. The zero-order valence-electron chi connectivity index (χ0n) is 20.7. The van der Waals surface area contributed by atoms with Gasteiger partial charge in [0.05, 0.1) is 17.4 Å². The van der Waals surface area contributed by atoms with Gasteiger partial charge >= 0.3 is 0 Å². The number of allylic oxidation sites excluding steroid dienone is 1. The molecule has 1 aliphatic heterocycles. The van der Waals surface area contributed by atoms with Gasteiger partial charge in [0.15, 0.2) is 4.87 Å². The molecule has 0 aromatic heterocycles. The minimum absolute atomic E-state index is 0.151. The van der Waals surface area contributed by atoms with Crippen LogP contribution in [-0.4, -0.2) is 25.4 Å². The van der Waals surface area contributed by atoms with Crippen LogP contribution < -0.4 is 5.48 Å². The van der Waals surface area contributed by atoms with Gasteiger partial charge < -0.3 is 0 Å². The molecule has 188 valence electrons. The maximum Gasteiger partial charge on any atom is 0.250 e. The summed E-state index contributed by atoms with van der Waals surface area (Å²) in [7, 11) is -3.99. The van der Waals surface area contributed by atoms with Crippen LogP contribution in [0.2, 0.25) is 0 Å². The lowest BCUT2D eigenvalue weighted by atomic mass is 9.92. The summed E-state index contributed by atoms with van der Waals surface area (Å²) in [5.41, 5.74) is 4.38. The Bertz CT molecular complexity index is 1100. The number of carbonyl (C=O) groups excluding carboxylic acids is 1. The third-order valence-electron chi connectivity index (χ3n) is 6.38. The minimum Gasteiger partial charge on any atom is -0.272 e. The van der Waals surface area contributed by atoms with Gasteiger partial charge in [0.1, 0.15) is 0 Å². The molecule has 1 N–H and O–H groups in total. The van der Waals surface area contributed by atoms with Crippen LogP contribution >= 0.6 is 0 Å². The summed E-state index contributed by atoms with van der Waals surface area (Å²) in [5.74, 6) is -1.40. The molecule has 2 unspecified atom stereocenters. The average molecular weight is 497 g/mol. The molecule has 2 aromatic rings. The third kappa shape index (κ3) is 6.67. The van der Waals surface area contributed by atoms with E-state index < -0.39 is 26.5 Å². The number of unbranched alkanes of at least 4 members (excludes halogenated alkanes) is 5. The predicted molar refractivity (Wildman–Crippen MR) is 140 cm³/mol. The molecule has 0 spiro atoms. The maximum atomic E-state index is 13.9. The van der Waals surface area contributed by atoms with Crippen LogP contribution in [0.4, 0.5) is 0 Å². The van der Waals surface area contributed by atoms with Gasteiger partial charge in [-0.2, -0.15) is 0 Å². The van der Waals surface area contributed by atoms with Crippen molar-refractivity contribution in [2.24, 2.45) is 10.9 Å². The van der Waals surface area contributed by atoms with E-state index in [9.17, 15) is 13.2 Å². The van der Waals surface area contributed by atoms with Crippen molar-refractivity contribution in [1.29, 1.82) is 0 Å². The predicted octanol–water partition coefficient (Wildman–Crippen LogP) is 5.72. The van der Waals surface area contributed by atoms with Gasteiger partial charge in [0, 0.05) is 6.21 Å². The number of benzene rings is 2. The number of hydroxylamine groups is 1. The van der Waals surface area contributed by atoms with Crippen molar-refractivity contribution >= 4 is 22.0 Å². The molecule has 6 nitrogen and oxygen atoms in total. The Hall–Kier alpha value is -2.77. The Balaban J connectivity index is 1.82. The molecule has 2 atom stereocenters. The highest BCUT2D eigenvalue weighted by atomic mass is 32.2. The van der Waals surface area contributed by atoms with E-state index in [-0.39, 0.29) is 11.5 Å². The first-order chi connectivity index (χ1) is 16.9. The molecule has 0 bridgehead atoms. The van der Waals surface area contributed by atoms with Crippen LogP contribution in [0.3, 0.4) is 0 Å². The fourth-order valence-corrected chi connectivity index (χ4v) is 6.26. The summed E-state index contributed by atoms with van der Waals surface area (Å²) in [5, 5.41) is 0. The topological polar surface area (TPSA) is 84.8 Å². The third-order valence-corrected chi connectivity index (χ3v) is 8.66. The van der Waals surface area contributed by atoms with Gasteiger partial charge in [0.25, 0.3) is 5.91 Å². The van der Waals surface area contributed by atoms with E-state index in [1.54, 1.807) is 36.4 Å². The van der Waals surface area contributed by atoms with Crippen molar-refractivity contribution in [2.75, 3.05) is 0 Å². The normalized spacial score (nSPS) is 18.0. The number of aliphatic imine (C=N–C) groups is 1. The summed E-state index contributed by atoms with van der Waals surface area (Å²) in [4.78, 5) is 21.8. The Kier molecular flexibility index (Phi) is 9.81. The first-order valence-electron chi connectivity index (χ1n) is 12.4. The van der Waals surface area contributed by atoms with Gasteiger partial charge in [0.2, 0.25) is 9.84 Å². The fourth-order valence-electron chi connectivity index (χ4n) is 4.33. The molecular weight excluding hydrogens is 460 g/mol. The summed E-state index contributed by atoms with van der Waals surface area (Å²) in [6.45, 7) is 4.26. The van der Waals surface area contributed by atoms with Crippen LogP contribution in [0.25, 0.3) is 0 Å². The number of carbonyl (C=O) groups is 1. The smallest absolute Gasteiger partial charge is 0.250 e. The van der Waals surface area contributed by atoms with Crippen LogP contribution in [-0.2, 0) is 26.1 Å². The molecule has 1 amide bonds. The molecule has 0 fully saturated rings. The molecule has 7 heteroatoms. The summed E-state index contributed by atoms with van der Waals surface area (Å²) in [6.07, 6.45) is 11.2. The van der Waals surface area contributed by atoms with Gasteiger partial charge in [-0.05, 0) is 43.2 Å². The van der Waals surface area contributed by atoms with Crippen LogP contribution in [0, 0.1) is 12.8 Å². The number of rotatable bonds is 14. The molecule has 0 radical (unpaired) electrons. The largest absolute Gasteiger partial charge is 0.272 e. The molecular formula is C28H36N2O4S. The minimum atomic E-state index is -3.99. The van der Waals surface area contributed by atoms with Crippen LogP contribution in [0.1, 0.15) is 63.0 Å². The zero-order chi connectivity index (χ0) is 25.2. The summed E-state index contributed by atoms with van der Waals surface area (Å²) in [6, 6.07) is 16.2. The molecule has 0 saturated carbocycles. The van der Waals surface area contributed by atoms with Gasteiger partial charge in [-0.25, -0.2) is 13.9 Å². The molecule has 2 aromatic carbocycles. The first-order valence-corrected chi connectivity index (χ1v) is 13.9. The number of aryl methyl sites for hydroxylation is 1. The second-order valence-electron chi connectivity index (χ2n) is 9.06. The number of sulfone groups is 1. The van der Waals surface area contributed by atoms with Gasteiger partial charge in [-0.15, -0.1) is 0 Å². The van der Waals surface area contributed by atoms with Crippen molar-refractivity contribution in [2.45, 2.75) is 75.2 Å². The van der Waals surface area contributed by atoms with Crippen molar-refractivity contribution in [3.05, 3.63) is 77.9 Å². The van der Waals surface area contributed by atoms with E-state index in [1.165, 1.54) is 12.6 Å². The summed E-state index contributed by atoms with van der Waals surface area (Å²) >= 11 is 0. The van der Waals surface area contributed by atoms with Crippen LogP contribution in [0.15, 0.2) is 76.6 Å². The van der Waals surface area contributed by atoms with Crippen molar-refractivity contribution in [3.63, 3.8) is 0 Å². The fraction of sp³-hybridized carbons (Fsp3) is 0.429. The lowest BCUT2D eigenvalue weighted by Gasteiger charge is -2.32. The van der Waals surface area contributed by atoms with E-state index >= 15 is 0 Å². The Morgan fingerprint density at radius 1 is 1.00 bits per heavy atom. The molecule has 1 heterocycles. The van der Waals surface area contributed by atoms with Crippen LogP contribution in [0.5, 0.6) is 0 Å². The van der Waals surface area contributed by atoms with Gasteiger partial charge in [-0.1, -0.05) is 93.5 Å². The number of nitrogens with zero attached hydrogens (tertiary/aromatic N) is 1. The van der Waals surface area contributed by atoms with E-state index in [1.807, 2.05) is 37.3 Å². The lowest BCUT2D eigenvalue weighted by molar-refractivity contribution is -0.139. The highest BCUT2D eigenvalue weighted by molar-refractivity contribution is 7.93. The second-order valence-corrected chi connectivity index (χ2v) is 11.2. The average Bonchev–Trinajstić information content (AvgIpc) is 3.36. The molecule has 35 heavy (non-hydrogen) atoms. The maximum absolute atomic E-state index is 13.9. The van der Waals surface area contributed by atoms with E-state index in [0.717, 1.165) is 43.2 Å². The number of hydrogen-bond donors (Lipinski definition) is 1. The Labute approximate surface area is 209 Å². The first kappa shape index (κ1) is 26.8. The highest BCUT2D eigenvalue weighted by Gasteiger charge is 2.52. The quantitative estimate of drug-likeness (QED) is 0.268. The standard InChI is InChI=1S/C28H36N2O4S/c1-3-4-5-6-7-11-15-26(27(31)30-34-22-24-13-9-8-10-14-24)28(20-12-21-29-28)35(32,33)25-18-16-23(2)17-19-25/h8-10,12-14,16-21,26H,3-7,11,15,22H2,1-2H3,(H,30,31). The lowest BCUT2D eigenvalue weighted by Crippen LogP contribution is -2.49. The number of hydrogen-bond acceptors (Lipinski definition) is 5. The van der Waals surface area contributed by atoms with Crippen molar-refractivity contribution in [3.8, 4) is 0 Å². The van der Waals surface area contributed by atoms with E-state index in [4.69, 9.17) is 4.84 Å². The second kappa shape index (κ2) is 12.8. The molecule has 0 aliphatic carbocycles. The SMILES string of the molecule is CCCCCCCCC(C(=O)NOCc1ccccc1)C1(S(=O)(=O)c2ccc(C)cc2)C=CC=N1. The number of nitrogens with one attached hydrogen (secondary N) is 1. The Morgan fingerprint density at radius 3 is 2.34 bits per heavy atom. The number of amides is 1. The molecule has 0 saturated heterocycles. The summed E-state index contributed by atoms with van der Waals surface area (Å²) < 4.78 is 27.8. The zero-order valence-corrected chi connectivity index (χ0v) is 21.5. The van der Waals surface area contributed by atoms with E-state index in [0.29, 0.717) is 6.42 Å². The van der Waals surface area contributed by atoms with Crippen molar-refractivity contribution < 1.29 is 18.0 Å². The van der Waals surface area contributed by atoms with E-state index in [2.05, 4.69) is 17.4 Å². The monoisotopic (exact) mass is 496 g/mol.